The molecule has 0 aliphatic carbocycles. The third kappa shape index (κ3) is 4.99. The summed E-state index contributed by atoms with van der Waals surface area (Å²) in [7, 11) is -3.76. The van der Waals surface area contributed by atoms with E-state index < -0.39 is 14.9 Å². The van der Waals surface area contributed by atoms with Crippen molar-refractivity contribution in [2.45, 2.75) is 38.1 Å². The maximum Gasteiger partial charge on any atom is 0.293 e. The Morgan fingerprint density at radius 2 is 1.86 bits per heavy atom. The van der Waals surface area contributed by atoms with E-state index in [0.29, 0.717) is 38.5 Å². The van der Waals surface area contributed by atoms with Gasteiger partial charge in [0.1, 0.15) is 5.69 Å². The molecule has 1 aromatic carbocycles. The molecule has 10 heteroatoms. The summed E-state index contributed by atoms with van der Waals surface area (Å²) < 4.78 is 32.0. The third-order valence-electron chi connectivity index (χ3n) is 5.09. The number of rotatable bonds is 9. The molecule has 1 N–H and O–H groups in total. The topological polar surface area (TPSA) is 105 Å². The van der Waals surface area contributed by atoms with Crippen LogP contribution in [-0.4, -0.2) is 74.0 Å². The Hall–Kier alpha value is -1.75. The van der Waals surface area contributed by atoms with Gasteiger partial charge in [0.05, 0.1) is 23.0 Å². The number of nitrogens with one attached hydrogen (secondary N) is 1. The van der Waals surface area contributed by atoms with Crippen molar-refractivity contribution >= 4 is 21.4 Å². The minimum atomic E-state index is -3.76. The van der Waals surface area contributed by atoms with Crippen LogP contribution in [0.3, 0.4) is 0 Å². The molecule has 1 aliphatic rings. The van der Waals surface area contributed by atoms with Crippen molar-refractivity contribution in [3.05, 3.63) is 28.3 Å². The second kappa shape index (κ2) is 9.17. The van der Waals surface area contributed by atoms with E-state index in [-0.39, 0.29) is 16.1 Å². The van der Waals surface area contributed by atoms with E-state index in [0.717, 1.165) is 19.2 Å². The minimum Gasteiger partial charge on any atom is -0.379 e. The molecule has 0 atom stereocenters. The van der Waals surface area contributed by atoms with Gasteiger partial charge in [-0.3, -0.25) is 15.0 Å². The lowest BCUT2D eigenvalue weighted by Gasteiger charge is -2.41. The van der Waals surface area contributed by atoms with Crippen molar-refractivity contribution < 1.29 is 18.1 Å². The number of sulfonamides is 1. The second-order valence-corrected chi connectivity index (χ2v) is 9.23. The van der Waals surface area contributed by atoms with Crippen molar-refractivity contribution in [1.82, 2.24) is 9.21 Å². The van der Waals surface area contributed by atoms with Gasteiger partial charge in [-0.2, -0.15) is 4.31 Å². The molecule has 1 aliphatic heterocycles. The number of morpholine rings is 1. The quantitative estimate of drug-likeness (QED) is 0.487. The van der Waals surface area contributed by atoms with Crippen LogP contribution in [-0.2, 0) is 14.8 Å². The summed E-state index contributed by atoms with van der Waals surface area (Å²) in [5, 5.41) is 14.7. The van der Waals surface area contributed by atoms with Gasteiger partial charge in [-0.05, 0) is 26.0 Å². The van der Waals surface area contributed by atoms with Gasteiger partial charge in [-0.25, -0.2) is 8.42 Å². The molecule has 0 amide bonds. The van der Waals surface area contributed by atoms with Crippen molar-refractivity contribution in [2.24, 2.45) is 0 Å². The number of hydrogen-bond donors (Lipinski definition) is 1. The molecule has 158 valence electrons. The highest BCUT2D eigenvalue weighted by molar-refractivity contribution is 7.89. The number of nitro groups is 1. The molecular weight excluding hydrogens is 384 g/mol. The molecule has 28 heavy (non-hydrogen) atoms. The summed E-state index contributed by atoms with van der Waals surface area (Å²) in [5.41, 5.74) is -0.167. The van der Waals surface area contributed by atoms with E-state index in [9.17, 15) is 18.5 Å². The average molecular weight is 415 g/mol. The lowest BCUT2D eigenvalue weighted by atomic mass is 10.0. The third-order valence-corrected chi connectivity index (χ3v) is 7.13. The Kier molecular flexibility index (Phi) is 7.38. The molecule has 0 radical (unpaired) electrons. The lowest BCUT2D eigenvalue weighted by molar-refractivity contribution is -0.384. The molecule has 0 aromatic heterocycles. The minimum absolute atomic E-state index is 0.0686. The smallest absolute Gasteiger partial charge is 0.293 e. The number of nitro benzene ring substituents is 1. The van der Waals surface area contributed by atoms with E-state index >= 15 is 0 Å². The standard InChI is InChI=1S/C18H30N4O5S/c1-5-21(6-2)28(25,26)15-7-8-16(17(13-15)22(23)24)19-14-18(3,4)20-9-11-27-12-10-20/h7-8,13,19H,5-6,9-12,14H2,1-4H3. The monoisotopic (exact) mass is 414 g/mol. The molecule has 1 aromatic rings. The fourth-order valence-corrected chi connectivity index (χ4v) is 4.76. The SMILES string of the molecule is CCN(CC)S(=O)(=O)c1ccc(NCC(C)(C)N2CCOCC2)c([N+](=O)[O-])c1. The number of ether oxygens (including phenoxy) is 1. The van der Waals surface area contributed by atoms with E-state index in [1.807, 2.05) is 0 Å². The highest BCUT2D eigenvalue weighted by Crippen LogP contribution is 2.30. The van der Waals surface area contributed by atoms with Gasteiger partial charge in [-0.1, -0.05) is 13.8 Å². The number of benzene rings is 1. The summed E-state index contributed by atoms with van der Waals surface area (Å²) in [6.07, 6.45) is 0. The van der Waals surface area contributed by atoms with Crippen LogP contribution in [0.2, 0.25) is 0 Å². The van der Waals surface area contributed by atoms with Gasteiger partial charge in [0.25, 0.3) is 5.69 Å². The summed E-state index contributed by atoms with van der Waals surface area (Å²) in [5.74, 6) is 0. The van der Waals surface area contributed by atoms with Crippen LogP contribution in [0.1, 0.15) is 27.7 Å². The molecule has 0 saturated carbocycles. The average Bonchev–Trinajstić information content (AvgIpc) is 2.67. The van der Waals surface area contributed by atoms with Crippen molar-refractivity contribution in [3.63, 3.8) is 0 Å². The lowest BCUT2D eigenvalue weighted by Crippen LogP contribution is -2.53. The summed E-state index contributed by atoms with van der Waals surface area (Å²) >= 11 is 0. The maximum atomic E-state index is 12.7. The molecule has 1 fully saturated rings. The fourth-order valence-electron chi connectivity index (χ4n) is 3.28. The first-order valence-corrected chi connectivity index (χ1v) is 10.9. The number of anilines is 1. The first-order valence-electron chi connectivity index (χ1n) is 9.48. The first kappa shape index (κ1) is 22.5. The predicted molar refractivity (Wildman–Crippen MR) is 108 cm³/mol. The largest absolute Gasteiger partial charge is 0.379 e. The molecular formula is C18H30N4O5S. The van der Waals surface area contributed by atoms with E-state index in [1.54, 1.807) is 13.8 Å². The zero-order chi connectivity index (χ0) is 20.9. The van der Waals surface area contributed by atoms with Gasteiger partial charge >= 0.3 is 0 Å². The zero-order valence-corrected chi connectivity index (χ0v) is 17.8. The predicted octanol–water partition coefficient (Wildman–Crippen LogP) is 2.15. The van der Waals surface area contributed by atoms with Crippen LogP contribution in [0.25, 0.3) is 0 Å². The molecule has 0 unspecified atom stereocenters. The maximum absolute atomic E-state index is 12.7. The molecule has 2 rings (SSSR count). The Bertz CT molecular complexity index is 787. The van der Waals surface area contributed by atoms with Crippen LogP contribution in [0.4, 0.5) is 11.4 Å². The van der Waals surface area contributed by atoms with Crippen LogP contribution in [0.15, 0.2) is 23.1 Å². The van der Waals surface area contributed by atoms with Gasteiger partial charge in [0.15, 0.2) is 0 Å². The molecule has 1 saturated heterocycles. The van der Waals surface area contributed by atoms with Crippen molar-refractivity contribution in [1.29, 1.82) is 0 Å². The van der Waals surface area contributed by atoms with Gasteiger partial charge in [0, 0.05) is 44.3 Å². The van der Waals surface area contributed by atoms with E-state index in [2.05, 4.69) is 24.1 Å². The Morgan fingerprint density at radius 1 is 1.25 bits per heavy atom. The highest BCUT2D eigenvalue weighted by atomic mass is 32.2. The van der Waals surface area contributed by atoms with Gasteiger partial charge in [0.2, 0.25) is 10.0 Å². The molecule has 0 spiro atoms. The van der Waals surface area contributed by atoms with E-state index in [1.165, 1.54) is 16.4 Å². The van der Waals surface area contributed by atoms with Crippen LogP contribution >= 0.6 is 0 Å². The van der Waals surface area contributed by atoms with Crippen LogP contribution in [0, 0.1) is 10.1 Å². The van der Waals surface area contributed by atoms with Crippen molar-refractivity contribution in [2.75, 3.05) is 51.3 Å². The Morgan fingerprint density at radius 3 is 2.39 bits per heavy atom. The Balaban J connectivity index is 2.25. The number of hydrogen-bond acceptors (Lipinski definition) is 7. The Labute approximate surface area is 166 Å². The van der Waals surface area contributed by atoms with Crippen molar-refractivity contribution in [3.8, 4) is 0 Å². The van der Waals surface area contributed by atoms with Crippen LogP contribution in [0.5, 0.6) is 0 Å². The fraction of sp³-hybridized carbons (Fsp3) is 0.667. The van der Waals surface area contributed by atoms with Crippen LogP contribution < -0.4 is 5.32 Å². The molecule has 9 nitrogen and oxygen atoms in total. The highest BCUT2D eigenvalue weighted by Gasteiger charge is 2.30. The first-order chi connectivity index (χ1) is 13.1. The van der Waals surface area contributed by atoms with Gasteiger partial charge in [-0.15, -0.1) is 0 Å². The van der Waals surface area contributed by atoms with Gasteiger partial charge < -0.3 is 10.1 Å². The normalized spacial score (nSPS) is 16.3. The van der Waals surface area contributed by atoms with E-state index in [4.69, 9.17) is 4.74 Å². The summed E-state index contributed by atoms with van der Waals surface area (Å²) in [4.78, 5) is 13.2. The summed E-state index contributed by atoms with van der Waals surface area (Å²) in [6, 6.07) is 4.03. The second-order valence-electron chi connectivity index (χ2n) is 7.29. The molecule has 1 heterocycles. The molecule has 0 bridgehead atoms. The summed E-state index contributed by atoms with van der Waals surface area (Å²) in [6.45, 7) is 11.6. The number of nitrogens with zero attached hydrogens (tertiary/aromatic N) is 3. The zero-order valence-electron chi connectivity index (χ0n) is 17.0.